The van der Waals surface area contributed by atoms with E-state index in [0.29, 0.717) is 17.3 Å². The third kappa shape index (κ3) is 4.20. The summed E-state index contributed by atoms with van der Waals surface area (Å²) in [5, 5.41) is 11.1. The van der Waals surface area contributed by atoms with Crippen LogP contribution in [0.15, 0.2) is 94.6 Å². The molecule has 0 spiro atoms. The zero-order chi connectivity index (χ0) is 23.7. The molecule has 0 bridgehead atoms. The van der Waals surface area contributed by atoms with Gasteiger partial charge in [0.25, 0.3) is 5.91 Å². The van der Waals surface area contributed by atoms with Crippen LogP contribution in [0.5, 0.6) is 5.75 Å². The van der Waals surface area contributed by atoms with Crippen molar-refractivity contribution in [3.8, 4) is 17.1 Å². The first-order valence-electron chi connectivity index (χ1n) is 10.7. The maximum absolute atomic E-state index is 13.5. The molecule has 4 aromatic rings. The molecule has 3 aromatic carbocycles. The molecule has 0 fully saturated rings. The van der Waals surface area contributed by atoms with Gasteiger partial charge in [0, 0.05) is 21.4 Å². The number of carbonyl (C=O) groups is 1. The fourth-order valence-electron chi connectivity index (χ4n) is 4.01. The number of ether oxygens (including phenoxy) is 1. The summed E-state index contributed by atoms with van der Waals surface area (Å²) in [4.78, 5) is 18.2. The van der Waals surface area contributed by atoms with Gasteiger partial charge in [0.05, 0.1) is 12.7 Å². The maximum Gasteiger partial charge on any atom is 0.255 e. The second-order valence-electron chi connectivity index (χ2n) is 7.87. The minimum absolute atomic E-state index is 0.201. The van der Waals surface area contributed by atoms with Crippen LogP contribution in [0.2, 0.25) is 0 Å². The second-order valence-corrected chi connectivity index (χ2v) is 8.79. The number of allylic oxidation sites excluding steroid dienone is 1. The molecule has 5 rings (SSSR count). The minimum atomic E-state index is -0.461. The van der Waals surface area contributed by atoms with E-state index >= 15 is 0 Å². The van der Waals surface area contributed by atoms with Crippen LogP contribution >= 0.6 is 15.9 Å². The van der Waals surface area contributed by atoms with E-state index in [1.807, 2.05) is 85.8 Å². The van der Waals surface area contributed by atoms with E-state index in [4.69, 9.17) is 14.8 Å². The smallest absolute Gasteiger partial charge is 0.255 e. The Hall–Kier alpha value is -3.91. The lowest BCUT2D eigenvalue weighted by Crippen LogP contribution is -2.31. The van der Waals surface area contributed by atoms with Gasteiger partial charge in [0.1, 0.15) is 11.8 Å². The Kier molecular flexibility index (Phi) is 5.90. The Balaban J connectivity index is 1.59. The van der Waals surface area contributed by atoms with E-state index in [-0.39, 0.29) is 5.91 Å². The minimum Gasteiger partial charge on any atom is -0.497 e. The molecule has 2 N–H and O–H groups in total. The summed E-state index contributed by atoms with van der Waals surface area (Å²) < 4.78 is 7.95. The third-order valence-corrected chi connectivity index (χ3v) is 6.13. The monoisotopic (exact) mass is 515 g/mol. The Bertz CT molecular complexity index is 1380. The molecule has 0 saturated carbocycles. The van der Waals surface area contributed by atoms with Crippen molar-refractivity contribution in [2.75, 3.05) is 17.7 Å². The first-order chi connectivity index (χ1) is 16.5. The number of aromatic nitrogens is 3. The van der Waals surface area contributed by atoms with Crippen LogP contribution in [0.3, 0.4) is 0 Å². The highest BCUT2D eigenvalue weighted by atomic mass is 79.9. The molecule has 1 atom stereocenters. The first-order valence-corrected chi connectivity index (χ1v) is 11.5. The molecular weight excluding hydrogens is 494 g/mol. The van der Waals surface area contributed by atoms with Crippen LogP contribution in [0, 0.1) is 0 Å². The highest BCUT2D eigenvalue weighted by Gasteiger charge is 2.34. The lowest BCUT2D eigenvalue weighted by atomic mass is 9.95. The number of nitrogens with zero attached hydrogens (tertiary/aromatic N) is 3. The topological polar surface area (TPSA) is 81.1 Å². The van der Waals surface area contributed by atoms with E-state index in [9.17, 15) is 4.79 Å². The van der Waals surface area contributed by atoms with Crippen LogP contribution in [0.1, 0.15) is 18.5 Å². The summed E-state index contributed by atoms with van der Waals surface area (Å²) in [6.07, 6.45) is 0. The zero-order valence-electron chi connectivity index (χ0n) is 18.6. The summed E-state index contributed by atoms with van der Waals surface area (Å²) in [5.41, 5.74) is 3.79. The van der Waals surface area contributed by atoms with Crippen molar-refractivity contribution < 1.29 is 9.53 Å². The Morgan fingerprint density at radius 1 is 1.06 bits per heavy atom. The molecular formula is C26H22BrN5O2. The number of anilines is 2. The van der Waals surface area contributed by atoms with Crippen molar-refractivity contribution in [1.82, 2.24) is 14.8 Å². The SMILES string of the molecule is COc1ccc(-c2nc3n(n2)C(c2cccc(Br)c2)C(C(=O)Nc2ccccc2)=C(C)N3)cc1. The van der Waals surface area contributed by atoms with E-state index < -0.39 is 6.04 Å². The predicted octanol–water partition coefficient (Wildman–Crippen LogP) is 5.64. The summed E-state index contributed by atoms with van der Waals surface area (Å²) in [6.45, 7) is 1.89. The lowest BCUT2D eigenvalue weighted by molar-refractivity contribution is -0.113. The van der Waals surface area contributed by atoms with Gasteiger partial charge in [-0.3, -0.25) is 4.79 Å². The van der Waals surface area contributed by atoms with Gasteiger partial charge >= 0.3 is 0 Å². The Morgan fingerprint density at radius 2 is 1.82 bits per heavy atom. The normalized spacial score (nSPS) is 14.9. The molecule has 0 aliphatic carbocycles. The molecule has 170 valence electrons. The van der Waals surface area contributed by atoms with Gasteiger partial charge in [-0.15, -0.1) is 5.10 Å². The van der Waals surface area contributed by atoms with Crippen LogP contribution < -0.4 is 15.4 Å². The molecule has 1 unspecified atom stereocenters. The first kappa shape index (κ1) is 21.9. The number of benzene rings is 3. The predicted molar refractivity (Wildman–Crippen MR) is 136 cm³/mol. The number of nitrogens with one attached hydrogen (secondary N) is 2. The van der Waals surface area contributed by atoms with Crippen molar-refractivity contribution in [2.24, 2.45) is 0 Å². The molecule has 2 heterocycles. The molecule has 34 heavy (non-hydrogen) atoms. The van der Waals surface area contributed by atoms with E-state index in [1.54, 1.807) is 11.8 Å². The van der Waals surface area contributed by atoms with Crippen molar-refractivity contribution >= 4 is 33.5 Å². The third-order valence-electron chi connectivity index (χ3n) is 5.64. The molecule has 1 aliphatic heterocycles. The fourth-order valence-corrected chi connectivity index (χ4v) is 4.43. The summed E-state index contributed by atoms with van der Waals surface area (Å²) in [7, 11) is 1.63. The molecule has 8 heteroatoms. The van der Waals surface area contributed by atoms with Crippen LogP contribution in [0.25, 0.3) is 11.4 Å². The van der Waals surface area contributed by atoms with Crippen LogP contribution in [0.4, 0.5) is 11.6 Å². The standard InChI is InChI=1S/C26H22BrN5O2/c1-16-22(25(33)29-20-9-4-3-5-10-20)23(18-7-6-8-19(27)15-18)32-26(28-16)30-24(31-32)17-11-13-21(34-2)14-12-17/h3-15,23H,1-2H3,(H,29,33)(H,28,30,31). The van der Waals surface area contributed by atoms with Crippen LogP contribution in [-0.2, 0) is 4.79 Å². The molecule has 1 aliphatic rings. The van der Waals surface area contributed by atoms with E-state index in [1.165, 1.54) is 0 Å². The van der Waals surface area contributed by atoms with Gasteiger partial charge in [-0.1, -0.05) is 46.3 Å². The number of halogens is 1. The number of rotatable bonds is 5. The number of amides is 1. The highest BCUT2D eigenvalue weighted by molar-refractivity contribution is 9.10. The van der Waals surface area contributed by atoms with Gasteiger partial charge < -0.3 is 15.4 Å². The van der Waals surface area contributed by atoms with Crippen molar-refractivity contribution in [3.63, 3.8) is 0 Å². The zero-order valence-corrected chi connectivity index (χ0v) is 20.2. The van der Waals surface area contributed by atoms with Crippen molar-refractivity contribution in [3.05, 3.63) is 100 Å². The Morgan fingerprint density at radius 3 is 2.53 bits per heavy atom. The Labute approximate surface area is 205 Å². The average molecular weight is 516 g/mol. The number of carbonyl (C=O) groups excluding carboxylic acids is 1. The highest BCUT2D eigenvalue weighted by Crippen LogP contribution is 2.37. The van der Waals surface area contributed by atoms with Gasteiger partial charge in [-0.05, 0) is 61.0 Å². The lowest BCUT2D eigenvalue weighted by Gasteiger charge is -2.28. The average Bonchev–Trinajstić information content (AvgIpc) is 3.27. The van der Waals surface area contributed by atoms with Crippen molar-refractivity contribution in [2.45, 2.75) is 13.0 Å². The number of para-hydroxylation sites is 1. The molecule has 7 nitrogen and oxygen atoms in total. The number of fused-ring (bicyclic) bond motifs is 1. The second kappa shape index (κ2) is 9.15. The quantitative estimate of drug-likeness (QED) is 0.359. The van der Waals surface area contributed by atoms with E-state index in [0.717, 1.165) is 32.7 Å². The van der Waals surface area contributed by atoms with E-state index in [2.05, 4.69) is 26.6 Å². The number of hydrogen-bond acceptors (Lipinski definition) is 5. The maximum atomic E-state index is 13.5. The molecule has 1 aromatic heterocycles. The number of hydrogen-bond donors (Lipinski definition) is 2. The van der Waals surface area contributed by atoms with Gasteiger partial charge in [-0.25, -0.2) is 4.68 Å². The summed E-state index contributed by atoms with van der Waals surface area (Å²) in [6, 6.07) is 24.4. The fraction of sp³-hybridized carbons (Fsp3) is 0.115. The van der Waals surface area contributed by atoms with Crippen molar-refractivity contribution in [1.29, 1.82) is 0 Å². The van der Waals surface area contributed by atoms with Gasteiger partial charge in [-0.2, -0.15) is 4.98 Å². The molecule has 1 amide bonds. The summed E-state index contributed by atoms with van der Waals surface area (Å²) in [5.74, 6) is 1.69. The largest absolute Gasteiger partial charge is 0.497 e. The molecule has 0 saturated heterocycles. The number of methoxy groups -OCH3 is 1. The summed E-state index contributed by atoms with van der Waals surface area (Å²) >= 11 is 3.56. The van der Waals surface area contributed by atoms with Gasteiger partial charge in [0.15, 0.2) is 5.82 Å². The van der Waals surface area contributed by atoms with Crippen LogP contribution in [-0.4, -0.2) is 27.8 Å². The molecule has 0 radical (unpaired) electrons. The van der Waals surface area contributed by atoms with Gasteiger partial charge in [0.2, 0.25) is 5.95 Å².